The predicted molar refractivity (Wildman–Crippen MR) is 63.6 cm³/mol. The Kier molecular flexibility index (Phi) is 4.70. The molecule has 16 heavy (non-hydrogen) atoms. The fraction of sp³-hybridized carbons (Fsp3) is 0.600. The molecule has 0 amide bonds. The van der Waals surface area contributed by atoms with Gasteiger partial charge in [-0.2, -0.15) is 0 Å². The van der Waals surface area contributed by atoms with Crippen molar-refractivity contribution >= 4 is 22.4 Å². The molecule has 1 rings (SSSR count). The van der Waals surface area contributed by atoms with Crippen molar-refractivity contribution in [1.29, 1.82) is 0 Å². The summed E-state index contributed by atoms with van der Waals surface area (Å²) in [6.07, 6.45) is 0. The van der Waals surface area contributed by atoms with Crippen LogP contribution >= 0.6 is 11.3 Å². The molecule has 0 aliphatic carbocycles. The van der Waals surface area contributed by atoms with Crippen LogP contribution in [0.2, 0.25) is 0 Å². The molecule has 0 fully saturated rings. The van der Waals surface area contributed by atoms with Crippen LogP contribution in [0.3, 0.4) is 0 Å². The smallest absolute Gasteiger partial charge is 0.347 e. The number of aryl methyl sites for hydroxylation is 1. The standard InChI is InChI=1S/C10H16N2O3S/c1-4-15-6-5-12(3)10-11-7(2)8(16-10)9(13)14/h4-6H2,1-3H3,(H,13,14). The van der Waals surface area contributed by atoms with Crippen LogP contribution in [0.1, 0.15) is 22.3 Å². The average molecular weight is 244 g/mol. The van der Waals surface area contributed by atoms with Gasteiger partial charge in [0.1, 0.15) is 4.88 Å². The minimum absolute atomic E-state index is 0.304. The minimum Gasteiger partial charge on any atom is -0.477 e. The van der Waals surface area contributed by atoms with E-state index in [9.17, 15) is 4.79 Å². The van der Waals surface area contributed by atoms with E-state index in [1.165, 1.54) is 11.3 Å². The molecule has 1 aromatic rings. The third kappa shape index (κ3) is 3.18. The average Bonchev–Trinajstić information content (AvgIpc) is 2.60. The molecule has 0 saturated heterocycles. The Hall–Kier alpha value is -1.14. The van der Waals surface area contributed by atoms with Crippen molar-refractivity contribution in [1.82, 2.24) is 4.98 Å². The quantitative estimate of drug-likeness (QED) is 0.770. The van der Waals surface area contributed by atoms with Crippen LogP contribution < -0.4 is 4.90 Å². The molecular weight excluding hydrogens is 228 g/mol. The number of ether oxygens (including phenoxy) is 1. The second-order valence-corrected chi connectivity index (χ2v) is 4.31. The van der Waals surface area contributed by atoms with E-state index in [0.29, 0.717) is 30.3 Å². The van der Waals surface area contributed by atoms with Crippen molar-refractivity contribution in [2.75, 3.05) is 31.7 Å². The number of hydrogen-bond donors (Lipinski definition) is 1. The number of carboxylic acid groups (broad SMARTS) is 1. The second kappa shape index (κ2) is 5.81. The molecule has 0 spiro atoms. The molecule has 0 bridgehead atoms. The highest BCUT2D eigenvalue weighted by atomic mass is 32.1. The van der Waals surface area contributed by atoms with E-state index in [1.54, 1.807) is 6.92 Å². The summed E-state index contributed by atoms with van der Waals surface area (Å²) in [5.74, 6) is -0.917. The highest BCUT2D eigenvalue weighted by molar-refractivity contribution is 7.17. The van der Waals surface area contributed by atoms with Crippen molar-refractivity contribution < 1.29 is 14.6 Å². The zero-order valence-electron chi connectivity index (χ0n) is 9.69. The van der Waals surface area contributed by atoms with Crippen LogP contribution in [-0.4, -0.2) is 42.9 Å². The fourth-order valence-corrected chi connectivity index (χ4v) is 2.08. The third-order valence-electron chi connectivity index (χ3n) is 2.08. The van der Waals surface area contributed by atoms with Gasteiger partial charge >= 0.3 is 5.97 Å². The highest BCUT2D eigenvalue weighted by Crippen LogP contribution is 2.24. The molecule has 0 aliphatic heterocycles. The van der Waals surface area contributed by atoms with Gasteiger partial charge in [0.25, 0.3) is 0 Å². The lowest BCUT2D eigenvalue weighted by molar-refractivity contribution is 0.0701. The number of thiazole rings is 1. The zero-order valence-corrected chi connectivity index (χ0v) is 10.5. The van der Waals surface area contributed by atoms with E-state index in [1.807, 2.05) is 18.9 Å². The van der Waals surface area contributed by atoms with Crippen LogP contribution in [0.5, 0.6) is 0 Å². The van der Waals surface area contributed by atoms with Crippen molar-refractivity contribution in [3.8, 4) is 0 Å². The Morgan fingerprint density at radius 3 is 2.81 bits per heavy atom. The summed E-state index contributed by atoms with van der Waals surface area (Å²) in [4.78, 5) is 17.3. The lowest BCUT2D eigenvalue weighted by Crippen LogP contribution is -2.22. The van der Waals surface area contributed by atoms with E-state index in [0.717, 1.165) is 5.13 Å². The molecule has 6 heteroatoms. The zero-order chi connectivity index (χ0) is 12.1. The third-order valence-corrected chi connectivity index (χ3v) is 3.34. The van der Waals surface area contributed by atoms with Gasteiger partial charge in [0, 0.05) is 20.2 Å². The Labute approximate surface area is 98.7 Å². The largest absolute Gasteiger partial charge is 0.477 e. The lowest BCUT2D eigenvalue weighted by Gasteiger charge is -2.14. The van der Waals surface area contributed by atoms with E-state index in [4.69, 9.17) is 9.84 Å². The van der Waals surface area contributed by atoms with Crippen LogP contribution in [0.4, 0.5) is 5.13 Å². The SMILES string of the molecule is CCOCCN(C)c1nc(C)c(C(=O)O)s1. The summed E-state index contributed by atoms with van der Waals surface area (Å²) in [5, 5.41) is 9.62. The van der Waals surface area contributed by atoms with Crippen LogP contribution in [0, 0.1) is 6.92 Å². The van der Waals surface area contributed by atoms with Gasteiger partial charge in [-0.25, -0.2) is 9.78 Å². The number of aromatic nitrogens is 1. The molecule has 5 nitrogen and oxygen atoms in total. The van der Waals surface area contributed by atoms with E-state index >= 15 is 0 Å². The number of likely N-dealkylation sites (N-methyl/N-ethyl adjacent to an activating group) is 1. The van der Waals surface area contributed by atoms with Gasteiger partial charge in [-0.15, -0.1) is 0 Å². The first-order chi connectivity index (χ1) is 7.56. The molecule has 1 N–H and O–H groups in total. The number of carbonyl (C=O) groups is 1. The summed E-state index contributed by atoms with van der Waals surface area (Å²) < 4.78 is 5.23. The van der Waals surface area contributed by atoms with Gasteiger partial charge in [0.2, 0.25) is 0 Å². The van der Waals surface area contributed by atoms with Crippen LogP contribution in [-0.2, 0) is 4.74 Å². The molecule has 0 radical (unpaired) electrons. The van der Waals surface area contributed by atoms with Gasteiger partial charge in [-0.05, 0) is 13.8 Å². The molecule has 90 valence electrons. The number of aromatic carboxylic acids is 1. The number of carboxylic acids is 1. The first-order valence-electron chi connectivity index (χ1n) is 5.05. The normalized spacial score (nSPS) is 10.4. The summed E-state index contributed by atoms with van der Waals surface area (Å²) in [5.41, 5.74) is 0.566. The minimum atomic E-state index is -0.917. The first kappa shape index (κ1) is 12.9. The predicted octanol–water partition coefficient (Wildman–Crippen LogP) is 1.62. The maximum atomic E-state index is 10.8. The summed E-state index contributed by atoms with van der Waals surface area (Å²) in [6, 6.07) is 0. The Morgan fingerprint density at radius 2 is 2.31 bits per heavy atom. The van der Waals surface area contributed by atoms with E-state index in [2.05, 4.69) is 4.98 Å². The molecule has 1 aromatic heterocycles. The maximum absolute atomic E-state index is 10.8. The summed E-state index contributed by atoms with van der Waals surface area (Å²) in [6.45, 7) is 5.66. The van der Waals surface area contributed by atoms with Crippen molar-refractivity contribution in [3.63, 3.8) is 0 Å². The Morgan fingerprint density at radius 1 is 1.62 bits per heavy atom. The Bertz CT molecular complexity index is 365. The molecule has 0 aromatic carbocycles. The monoisotopic (exact) mass is 244 g/mol. The molecule has 0 aliphatic rings. The number of anilines is 1. The maximum Gasteiger partial charge on any atom is 0.347 e. The fourth-order valence-electron chi connectivity index (χ4n) is 1.19. The van der Waals surface area contributed by atoms with Crippen molar-refractivity contribution in [2.24, 2.45) is 0 Å². The van der Waals surface area contributed by atoms with Crippen LogP contribution in [0.15, 0.2) is 0 Å². The van der Waals surface area contributed by atoms with Gasteiger partial charge in [-0.1, -0.05) is 11.3 Å². The van der Waals surface area contributed by atoms with E-state index < -0.39 is 5.97 Å². The summed E-state index contributed by atoms with van der Waals surface area (Å²) in [7, 11) is 1.88. The van der Waals surface area contributed by atoms with E-state index in [-0.39, 0.29) is 0 Å². The van der Waals surface area contributed by atoms with Gasteiger partial charge in [0.15, 0.2) is 5.13 Å². The molecule has 0 unspecified atom stereocenters. The van der Waals surface area contributed by atoms with Gasteiger partial charge < -0.3 is 14.7 Å². The van der Waals surface area contributed by atoms with Crippen molar-refractivity contribution in [3.05, 3.63) is 10.6 Å². The number of rotatable bonds is 6. The molecular formula is C10H16N2O3S. The van der Waals surface area contributed by atoms with Gasteiger partial charge in [-0.3, -0.25) is 0 Å². The van der Waals surface area contributed by atoms with Crippen molar-refractivity contribution in [2.45, 2.75) is 13.8 Å². The topological polar surface area (TPSA) is 62.7 Å². The molecule has 1 heterocycles. The van der Waals surface area contributed by atoms with Gasteiger partial charge in [0.05, 0.1) is 12.3 Å². The Balaban J connectivity index is 2.65. The number of hydrogen-bond acceptors (Lipinski definition) is 5. The van der Waals surface area contributed by atoms with Crippen LogP contribution in [0.25, 0.3) is 0 Å². The molecule has 0 saturated carbocycles. The summed E-state index contributed by atoms with van der Waals surface area (Å²) >= 11 is 1.19. The first-order valence-corrected chi connectivity index (χ1v) is 5.87. The number of nitrogens with zero attached hydrogens (tertiary/aromatic N) is 2. The molecule has 0 atom stereocenters. The second-order valence-electron chi connectivity index (χ2n) is 3.33. The lowest BCUT2D eigenvalue weighted by atomic mass is 10.4. The highest BCUT2D eigenvalue weighted by Gasteiger charge is 2.15.